The Bertz CT molecular complexity index is 934. The van der Waals surface area contributed by atoms with Crippen molar-refractivity contribution in [3.8, 4) is 11.8 Å². The average molecular weight is 348 g/mol. The first-order chi connectivity index (χ1) is 12.6. The number of hydrogen-bond donors (Lipinski definition) is 3. The largest absolute Gasteiger partial charge is 0.380 e. The molecule has 4 N–H and O–H groups in total. The number of rotatable bonds is 3. The first-order valence-electron chi connectivity index (χ1n) is 9.55. The minimum absolute atomic E-state index is 0.234. The van der Waals surface area contributed by atoms with Crippen LogP contribution in [0.5, 0.6) is 0 Å². The van der Waals surface area contributed by atoms with Crippen LogP contribution >= 0.6 is 0 Å². The number of carbonyl (C=O) groups is 1. The number of fused-ring (bicyclic) bond motifs is 1. The molecular weight excluding hydrogens is 324 g/mol. The summed E-state index contributed by atoms with van der Waals surface area (Å²) in [7, 11) is 0. The van der Waals surface area contributed by atoms with E-state index in [-0.39, 0.29) is 5.41 Å². The molecule has 4 fully saturated rings. The van der Waals surface area contributed by atoms with Gasteiger partial charge in [-0.1, -0.05) is 5.92 Å². The molecule has 2 heterocycles. The molecule has 0 aliphatic heterocycles. The van der Waals surface area contributed by atoms with Crippen LogP contribution in [-0.2, 0) is 0 Å². The standard InChI is InChI=1S/C21H24N4O/c1-2-4-21-8-12-6-13(9-21)17(14(7-12)10-21)25-18-15-3-5-23-20(15)24-11-16(18)19(22)26/h3,5,11-14,17H,6-10H2,1H3,(H2,22,26)(H2,23,24,25). The fourth-order valence-electron chi connectivity index (χ4n) is 6.20. The zero-order valence-electron chi connectivity index (χ0n) is 15.0. The Morgan fingerprint density at radius 3 is 2.81 bits per heavy atom. The number of amides is 1. The van der Waals surface area contributed by atoms with Gasteiger partial charge in [-0.25, -0.2) is 4.98 Å². The van der Waals surface area contributed by atoms with Crippen molar-refractivity contribution >= 4 is 22.6 Å². The SMILES string of the molecule is CC#CC12CC3CC(C1)C(Nc1c(C(N)=O)cnc4[nH]ccc14)C(C3)C2. The highest BCUT2D eigenvalue weighted by atomic mass is 16.1. The Morgan fingerprint density at radius 2 is 2.12 bits per heavy atom. The van der Waals surface area contributed by atoms with Gasteiger partial charge in [0.25, 0.3) is 5.91 Å². The topological polar surface area (TPSA) is 83.8 Å². The number of nitrogens with one attached hydrogen (secondary N) is 2. The molecule has 2 atom stereocenters. The van der Waals surface area contributed by atoms with E-state index in [9.17, 15) is 4.79 Å². The van der Waals surface area contributed by atoms with Crippen LogP contribution in [0.3, 0.4) is 0 Å². The van der Waals surface area contributed by atoms with Gasteiger partial charge in [-0.05, 0) is 62.8 Å². The van der Waals surface area contributed by atoms with E-state index >= 15 is 0 Å². The van der Waals surface area contributed by atoms with Gasteiger partial charge in [-0.2, -0.15) is 0 Å². The predicted molar refractivity (Wildman–Crippen MR) is 101 cm³/mol. The summed E-state index contributed by atoms with van der Waals surface area (Å²) < 4.78 is 0. The van der Waals surface area contributed by atoms with Gasteiger partial charge in [0.05, 0.1) is 11.3 Å². The summed E-state index contributed by atoms with van der Waals surface area (Å²) in [5, 5.41) is 4.70. The predicted octanol–water partition coefficient (Wildman–Crippen LogP) is 3.29. The van der Waals surface area contributed by atoms with Crippen molar-refractivity contribution in [2.45, 2.75) is 45.1 Å². The number of H-pyrrole nitrogens is 1. The third kappa shape index (κ3) is 2.25. The molecule has 26 heavy (non-hydrogen) atoms. The van der Waals surface area contributed by atoms with E-state index in [2.05, 4.69) is 27.1 Å². The van der Waals surface area contributed by atoms with E-state index in [1.165, 1.54) is 32.1 Å². The lowest BCUT2D eigenvalue weighted by Crippen LogP contribution is -2.55. The van der Waals surface area contributed by atoms with Crippen LogP contribution in [0.15, 0.2) is 18.5 Å². The number of aromatic amines is 1. The summed E-state index contributed by atoms with van der Waals surface area (Å²) >= 11 is 0. The summed E-state index contributed by atoms with van der Waals surface area (Å²) in [6.45, 7) is 1.97. The molecular formula is C21H24N4O. The summed E-state index contributed by atoms with van der Waals surface area (Å²) in [5.41, 5.74) is 7.98. The molecule has 4 aliphatic carbocycles. The number of nitrogens with zero attached hydrogens (tertiary/aromatic N) is 1. The first-order valence-corrected chi connectivity index (χ1v) is 9.55. The molecule has 4 aliphatic rings. The van der Waals surface area contributed by atoms with Crippen molar-refractivity contribution in [3.63, 3.8) is 0 Å². The van der Waals surface area contributed by atoms with Gasteiger partial charge in [0.1, 0.15) is 5.65 Å². The highest BCUT2D eigenvalue weighted by molar-refractivity contribution is 6.06. The van der Waals surface area contributed by atoms with Crippen LogP contribution in [0.4, 0.5) is 5.69 Å². The van der Waals surface area contributed by atoms with Gasteiger partial charge in [-0.15, -0.1) is 5.92 Å². The number of primary amides is 1. The molecule has 0 aromatic carbocycles. The van der Waals surface area contributed by atoms with E-state index in [4.69, 9.17) is 5.73 Å². The zero-order chi connectivity index (χ0) is 17.9. The van der Waals surface area contributed by atoms with E-state index in [1.54, 1.807) is 6.20 Å². The van der Waals surface area contributed by atoms with Gasteiger partial charge in [0.15, 0.2) is 0 Å². The van der Waals surface area contributed by atoms with Gasteiger partial charge < -0.3 is 16.0 Å². The highest BCUT2D eigenvalue weighted by Gasteiger charge is 2.55. The molecule has 134 valence electrons. The first kappa shape index (κ1) is 15.7. The Kier molecular flexibility index (Phi) is 3.34. The Labute approximate surface area is 153 Å². The lowest BCUT2D eigenvalue weighted by atomic mass is 9.48. The molecule has 6 rings (SSSR count). The van der Waals surface area contributed by atoms with E-state index < -0.39 is 5.91 Å². The maximum absolute atomic E-state index is 12.0. The minimum atomic E-state index is -0.430. The molecule has 5 heteroatoms. The van der Waals surface area contributed by atoms with Crippen LogP contribution in [-0.4, -0.2) is 21.9 Å². The van der Waals surface area contributed by atoms with Crippen LogP contribution in [0, 0.1) is 35.0 Å². The minimum Gasteiger partial charge on any atom is -0.380 e. The van der Waals surface area contributed by atoms with Crippen LogP contribution in [0.25, 0.3) is 11.0 Å². The molecule has 2 aromatic heterocycles. The summed E-state index contributed by atoms with van der Waals surface area (Å²) in [5.74, 6) is 8.37. The Balaban J connectivity index is 1.52. The second kappa shape index (κ2) is 5.51. The molecule has 2 unspecified atom stereocenters. The van der Waals surface area contributed by atoms with Crippen LogP contribution in [0.2, 0.25) is 0 Å². The number of aromatic nitrogens is 2. The quantitative estimate of drug-likeness (QED) is 0.744. The maximum atomic E-state index is 12.0. The molecule has 5 nitrogen and oxygen atoms in total. The van der Waals surface area contributed by atoms with Crippen molar-refractivity contribution in [1.29, 1.82) is 0 Å². The van der Waals surface area contributed by atoms with E-state index in [0.717, 1.165) is 22.6 Å². The van der Waals surface area contributed by atoms with Crippen LogP contribution < -0.4 is 11.1 Å². The van der Waals surface area contributed by atoms with Crippen LogP contribution in [0.1, 0.15) is 49.4 Å². The fourth-order valence-corrected chi connectivity index (χ4v) is 6.20. The Hall–Kier alpha value is -2.48. The molecule has 2 aromatic rings. The van der Waals surface area contributed by atoms with Crippen molar-refractivity contribution in [2.24, 2.45) is 28.9 Å². The summed E-state index contributed by atoms with van der Waals surface area (Å²) in [4.78, 5) is 19.4. The highest BCUT2D eigenvalue weighted by Crippen LogP contribution is 2.60. The average Bonchev–Trinajstić information content (AvgIpc) is 3.06. The van der Waals surface area contributed by atoms with Gasteiger partial charge in [0.2, 0.25) is 0 Å². The van der Waals surface area contributed by atoms with E-state index in [0.29, 0.717) is 23.4 Å². The van der Waals surface area contributed by atoms with E-state index in [1.807, 2.05) is 19.2 Å². The molecule has 4 saturated carbocycles. The van der Waals surface area contributed by atoms with Crippen molar-refractivity contribution in [2.75, 3.05) is 5.32 Å². The molecule has 4 bridgehead atoms. The number of hydrogen-bond acceptors (Lipinski definition) is 3. The maximum Gasteiger partial charge on any atom is 0.252 e. The normalized spacial score (nSPS) is 34.5. The second-order valence-electron chi connectivity index (χ2n) is 8.45. The molecule has 0 radical (unpaired) electrons. The van der Waals surface area contributed by atoms with Gasteiger partial charge in [0, 0.05) is 29.2 Å². The number of nitrogens with two attached hydrogens (primary N) is 1. The lowest BCUT2D eigenvalue weighted by Gasteiger charge is -2.58. The summed E-state index contributed by atoms with van der Waals surface area (Å²) in [6, 6.07) is 2.36. The number of anilines is 1. The van der Waals surface area contributed by atoms with Gasteiger partial charge >= 0.3 is 0 Å². The fraction of sp³-hybridized carbons (Fsp3) is 0.524. The molecule has 0 spiro atoms. The lowest BCUT2D eigenvalue weighted by molar-refractivity contribution is -0.0285. The van der Waals surface area contributed by atoms with Crippen molar-refractivity contribution in [3.05, 3.63) is 24.0 Å². The molecule has 1 amide bonds. The number of carbonyl (C=O) groups excluding carboxylic acids is 1. The molecule has 0 saturated heterocycles. The third-order valence-corrected chi connectivity index (χ3v) is 6.83. The third-order valence-electron chi connectivity index (χ3n) is 6.83. The zero-order valence-corrected chi connectivity index (χ0v) is 15.0. The second-order valence-corrected chi connectivity index (χ2v) is 8.45. The Morgan fingerprint density at radius 1 is 1.35 bits per heavy atom. The number of pyridine rings is 1. The monoisotopic (exact) mass is 348 g/mol. The van der Waals surface area contributed by atoms with Crippen molar-refractivity contribution in [1.82, 2.24) is 9.97 Å². The smallest absolute Gasteiger partial charge is 0.252 e. The summed E-state index contributed by atoms with van der Waals surface area (Å²) in [6.07, 6.45) is 9.61. The van der Waals surface area contributed by atoms with Gasteiger partial charge in [-0.3, -0.25) is 4.79 Å². The van der Waals surface area contributed by atoms with Crippen molar-refractivity contribution < 1.29 is 4.79 Å².